The number of phenolic OH excluding ortho intramolecular Hbond substituents is 1. The Morgan fingerprint density at radius 3 is 3.00 bits per heavy atom. The van der Waals surface area contributed by atoms with E-state index in [9.17, 15) is 5.11 Å². The molecule has 0 spiro atoms. The largest absolute Gasteiger partial charge is 0.507 e. The van der Waals surface area contributed by atoms with Gasteiger partial charge in [0.05, 0.1) is 6.61 Å². The molecule has 0 aliphatic carbocycles. The van der Waals surface area contributed by atoms with Crippen LogP contribution in [0.25, 0.3) is 10.1 Å². The van der Waals surface area contributed by atoms with Gasteiger partial charge < -0.3 is 9.84 Å². The lowest BCUT2D eigenvalue weighted by Gasteiger charge is -1.91. The monoisotopic (exact) mass is 194 g/mol. The van der Waals surface area contributed by atoms with Crippen LogP contribution in [0.1, 0.15) is 4.88 Å². The molecule has 0 fully saturated rings. The molecular weight excluding hydrogens is 184 g/mol. The topological polar surface area (TPSA) is 29.5 Å². The fourth-order valence-electron chi connectivity index (χ4n) is 1.31. The molecular formula is C10H10O2S. The van der Waals surface area contributed by atoms with Gasteiger partial charge in [0.25, 0.3) is 0 Å². The Kier molecular flexibility index (Phi) is 2.20. The summed E-state index contributed by atoms with van der Waals surface area (Å²) in [5.74, 6) is 0.344. The molecule has 2 rings (SSSR count). The highest BCUT2D eigenvalue weighted by Gasteiger charge is 2.04. The van der Waals surface area contributed by atoms with E-state index in [2.05, 4.69) is 0 Å². The minimum atomic E-state index is 0.344. The van der Waals surface area contributed by atoms with Gasteiger partial charge in [-0.05, 0) is 18.2 Å². The number of ether oxygens (including phenoxy) is 1. The highest BCUT2D eigenvalue weighted by atomic mass is 32.1. The fraction of sp³-hybridized carbons (Fsp3) is 0.200. The van der Waals surface area contributed by atoms with E-state index in [0.29, 0.717) is 12.4 Å². The molecule has 68 valence electrons. The van der Waals surface area contributed by atoms with Crippen LogP contribution in [0, 0.1) is 0 Å². The van der Waals surface area contributed by atoms with Crippen molar-refractivity contribution in [3.8, 4) is 5.75 Å². The molecule has 2 nitrogen and oxygen atoms in total. The lowest BCUT2D eigenvalue weighted by molar-refractivity contribution is 0.187. The van der Waals surface area contributed by atoms with Gasteiger partial charge in [-0.1, -0.05) is 6.07 Å². The van der Waals surface area contributed by atoms with Gasteiger partial charge in [0.2, 0.25) is 0 Å². The fourth-order valence-corrected chi connectivity index (χ4v) is 2.37. The van der Waals surface area contributed by atoms with Crippen LogP contribution >= 0.6 is 11.3 Å². The predicted octanol–water partition coefficient (Wildman–Crippen LogP) is 2.75. The van der Waals surface area contributed by atoms with Crippen molar-refractivity contribution in [3.63, 3.8) is 0 Å². The number of rotatable bonds is 2. The number of hydrogen-bond acceptors (Lipinski definition) is 3. The first-order chi connectivity index (χ1) is 6.31. The van der Waals surface area contributed by atoms with Crippen molar-refractivity contribution >= 4 is 21.4 Å². The third kappa shape index (κ3) is 1.53. The number of aromatic hydroxyl groups is 1. The summed E-state index contributed by atoms with van der Waals surface area (Å²) in [6.07, 6.45) is 0. The molecule has 0 amide bonds. The maximum Gasteiger partial charge on any atom is 0.124 e. The first-order valence-electron chi connectivity index (χ1n) is 4.00. The minimum Gasteiger partial charge on any atom is -0.507 e. The summed E-state index contributed by atoms with van der Waals surface area (Å²) < 4.78 is 6.13. The summed E-state index contributed by atoms with van der Waals surface area (Å²) in [7, 11) is 1.67. The Labute approximate surface area is 80.4 Å². The van der Waals surface area contributed by atoms with Crippen molar-refractivity contribution in [3.05, 3.63) is 29.1 Å². The van der Waals surface area contributed by atoms with Crippen molar-refractivity contribution in [1.29, 1.82) is 0 Å². The Morgan fingerprint density at radius 1 is 1.46 bits per heavy atom. The van der Waals surface area contributed by atoms with Crippen LogP contribution in [-0.2, 0) is 11.3 Å². The second-order valence-corrected chi connectivity index (χ2v) is 4.00. The Hall–Kier alpha value is -1.06. The molecule has 1 N–H and O–H groups in total. The van der Waals surface area contributed by atoms with Crippen LogP contribution < -0.4 is 0 Å². The quantitative estimate of drug-likeness (QED) is 0.796. The van der Waals surface area contributed by atoms with Crippen LogP contribution in [0.3, 0.4) is 0 Å². The Morgan fingerprint density at radius 2 is 2.31 bits per heavy atom. The average Bonchev–Trinajstić information content (AvgIpc) is 2.49. The molecule has 1 aromatic heterocycles. The van der Waals surface area contributed by atoms with Crippen molar-refractivity contribution in [1.82, 2.24) is 0 Å². The lowest BCUT2D eigenvalue weighted by atomic mass is 10.2. The maximum absolute atomic E-state index is 9.52. The van der Waals surface area contributed by atoms with Gasteiger partial charge in [-0.25, -0.2) is 0 Å². The summed E-state index contributed by atoms with van der Waals surface area (Å²) in [5, 5.41) is 10.4. The van der Waals surface area contributed by atoms with Crippen molar-refractivity contribution in [2.45, 2.75) is 6.61 Å². The standard InChI is InChI=1S/C10H10O2S/c1-12-6-7-5-8-9(11)3-2-4-10(8)13-7/h2-5,11H,6H2,1H3. The van der Waals surface area contributed by atoms with Gasteiger partial charge in [-0.15, -0.1) is 11.3 Å². The highest BCUT2D eigenvalue weighted by molar-refractivity contribution is 7.19. The van der Waals surface area contributed by atoms with Crippen molar-refractivity contribution < 1.29 is 9.84 Å². The summed E-state index contributed by atoms with van der Waals surface area (Å²) in [5.41, 5.74) is 0. The predicted molar refractivity (Wildman–Crippen MR) is 54.2 cm³/mol. The molecule has 0 aliphatic rings. The molecule has 2 aromatic rings. The van der Waals surface area contributed by atoms with Crippen LogP contribution in [-0.4, -0.2) is 12.2 Å². The first-order valence-corrected chi connectivity index (χ1v) is 4.82. The van der Waals surface area contributed by atoms with Gasteiger partial charge in [-0.2, -0.15) is 0 Å². The number of thiophene rings is 1. The second kappa shape index (κ2) is 3.36. The molecule has 13 heavy (non-hydrogen) atoms. The molecule has 0 radical (unpaired) electrons. The van der Waals surface area contributed by atoms with E-state index in [4.69, 9.17) is 4.74 Å². The molecule has 0 unspecified atom stereocenters. The van der Waals surface area contributed by atoms with Crippen LogP contribution in [0.5, 0.6) is 5.75 Å². The Balaban J connectivity index is 2.55. The number of phenols is 1. The number of methoxy groups -OCH3 is 1. The molecule has 0 saturated carbocycles. The molecule has 3 heteroatoms. The Bertz CT molecular complexity index is 420. The number of benzene rings is 1. The number of fused-ring (bicyclic) bond motifs is 1. The van der Waals surface area contributed by atoms with E-state index in [1.807, 2.05) is 18.2 Å². The average molecular weight is 194 g/mol. The second-order valence-electron chi connectivity index (χ2n) is 2.83. The smallest absolute Gasteiger partial charge is 0.124 e. The van der Waals surface area contributed by atoms with Gasteiger partial charge in [0.15, 0.2) is 0 Å². The highest BCUT2D eigenvalue weighted by Crippen LogP contribution is 2.31. The van der Waals surface area contributed by atoms with E-state index in [-0.39, 0.29) is 0 Å². The third-order valence-corrected chi connectivity index (χ3v) is 2.95. The van der Waals surface area contributed by atoms with Gasteiger partial charge in [-0.3, -0.25) is 0 Å². The van der Waals surface area contributed by atoms with E-state index in [1.54, 1.807) is 24.5 Å². The van der Waals surface area contributed by atoms with E-state index < -0.39 is 0 Å². The summed E-state index contributed by atoms with van der Waals surface area (Å²) >= 11 is 1.65. The SMILES string of the molecule is COCc1cc2c(O)cccc2s1. The van der Waals surface area contributed by atoms with Gasteiger partial charge in [0.1, 0.15) is 5.75 Å². The molecule has 0 saturated heterocycles. The third-order valence-electron chi connectivity index (χ3n) is 1.88. The summed E-state index contributed by atoms with van der Waals surface area (Å²) in [4.78, 5) is 1.14. The first kappa shape index (κ1) is 8.53. The number of hydrogen-bond donors (Lipinski definition) is 1. The zero-order chi connectivity index (χ0) is 9.26. The summed E-state index contributed by atoms with van der Waals surface area (Å²) in [6, 6.07) is 7.52. The maximum atomic E-state index is 9.52. The van der Waals surface area contributed by atoms with Gasteiger partial charge in [0, 0.05) is 22.1 Å². The molecule has 0 bridgehead atoms. The molecule has 1 aromatic carbocycles. The van der Waals surface area contributed by atoms with Crippen molar-refractivity contribution in [2.24, 2.45) is 0 Å². The van der Waals surface area contributed by atoms with Crippen LogP contribution in [0.4, 0.5) is 0 Å². The van der Waals surface area contributed by atoms with Gasteiger partial charge >= 0.3 is 0 Å². The summed E-state index contributed by atoms with van der Waals surface area (Å²) in [6.45, 7) is 0.610. The zero-order valence-corrected chi connectivity index (χ0v) is 8.10. The minimum absolute atomic E-state index is 0.344. The van der Waals surface area contributed by atoms with E-state index in [1.165, 1.54) is 0 Å². The zero-order valence-electron chi connectivity index (χ0n) is 7.28. The normalized spacial score (nSPS) is 10.8. The lowest BCUT2D eigenvalue weighted by Crippen LogP contribution is -1.79. The molecule has 0 atom stereocenters. The van der Waals surface area contributed by atoms with E-state index in [0.717, 1.165) is 15.0 Å². The molecule has 0 aliphatic heterocycles. The van der Waals surface area contributed by atoms with Crippen LogP contribution in [0.15, 0.2) is 24.3 Å². The molecule has 1 heterocycles. The van der Waals surface area contributed by atoms with Crippen molar-refractivity contribution in [2.75, 3.05) is 7.11 Å². The van der Waals surface area contributed by atoms with Crippen LogP contribution in [0.2, 0.25) is 0 Å². The van der Waals surface area contributed by atoms with E-state index >= 15 is 0 Å².